The molecule has 3 unspecified atom stereocenters. The second-order valence-electron chi connectivity index (χ2n) is 4.45. The molecule has 0 aromatic rings. The molecular formula is C11H21NO. The van der Waals surface area contributed by atoms with Crippen LogP contribution in [0.25, 0.3) is 0 Å². The first-order chi connectivity index (χ1) is 6.40. The molecule has 0 N–H and O–H groups in total. The summed E-state index contributed by atoms with van der Waals surface area (Å²) in [6.07, 6.45) is 7.35. The van der Waals surface area contributed by atoms with E-state index in [1.54, 1.807) is 0 Å². The second-order valence-corrected chi connectivity index (χ2v) is 4.45. The van der Waals surface area contributed by atoms with Gasteiger partial charge < -0.3 is 9.64 Å². The topological polar surface area (TPSA) is 12.5 Å². The Morgan fingerprint density at radius 1 is 1.00 bits per heavy atom. The van der Waals surface area contributed by atoms with Gasteiger partial charge in [-0.1, -0.05) is 6.42 Å². The van der Waals surface area contributed by atoms with Crippen LogP contribution in [0, 0.1) is 5.92 Å². The Kier molecular flexibility index (Phi) is 3.23. The van der Waals surface area contributed by atoms with Crippen molar-refractivity contribution in [1.82, 2.24) is 4.90 Å². The molecule has 2 aliphatic heterocycles. The molecule has 2 nitrogen and oxygen atoms in total. The average molecular weight is 183 g/mol. The zero-order valence-corrected chi connectivity index (χ0v) is 8.67. The lowest BCUT2D eigenvalue weighted by molar-refractivity contribution is 0.0459. The fourth-order valence-corrected chi connectivity index (χ4v) is 2.80. The van der Waals surface area contributed by atoms with Gasteiger partial charge in [0, 0.05) is 13.7 Å². The minimum atomic E-state index is 0.545. The summed E-state index contributed by atoms with van der Waals surface area (Å²) in [6, 6.07) is 0. The molecule has 76 valence electrons. The third-order valence-electron chi connectivity index (χ3n) is 3.67. The number of methoxy groups -OCH3 is 1. The fourth-order valence-electron chi connectivity index (χ4n) is 2.80. The summed E-state index contributed by atoms with van der Waals surface area (Å²) in [5.41, 5.74) is 0. The molecule has 2 rings (SSSR count). The first-order valence-corrected chi connectivity index (χ1v) is 5.65. The molecule has 2 bridgehead atoms. The minimum Gasteiger partial charge on any atom is -0.381 e. The summed E-state index contributed by atoms with van der Waals surface area (Å²) in [5.74, 6) is 0.843. The summed E-state index contributed by atoms with van der Waals surface area (Å²) in [6.45, 7) is 3.89. The van der Waals surface area contributed by atoms with Crippen molar-refractivity contribution in [3.05, 3.63) is 0 Å². The Morgan fingerprint density at radius 3 is 2.69 bits per heavy atom. The molecule has 0 amide bonds. The second kappa shape index (κ2) is 4.43. The maximum Gasteiger partial charge on any atom is 0.0612 e. The molecule has 0 aromatic carbocycles. The summed E-state index contributed by atoms with van der Waals surface area (Å²) >= 11 is 0. The first-order valence-electron chi connectivity index (χ1n) is 5.65. The van der Waals surface area contributed by atoms with Gasteiger partial charge >= 0.3 is 0 Å². The smallest absolute Gasteiger partial charge is 0.0612 e. The van der Waals surface area contributed by atoms with Crippen LogP contribution in [0.15, 0.2) is 0 Å². The van der Waals surface area contributed by atoms with Crippen LogP contribution in [-0.4, -0.2) is 37.7 Å². The van der Waals surface area contributed by atoms with Gasteiger partial charge in [-0.3, -0.25) is 0 Å². The quantitative estimate of drug-likeness (QED) is 0.615. The van der Waals surface area contributed by atoms with Gasteiger partial charge in [0.2, 0.25) is 0 Å². The standard InChI is InChI=1S/C11H21NO/c1-13-11-6-9-12-7-3-2-4-10(11)5-8-12/h10-11H,2-9H2,1H3. The molecule has 2 aliphatic rings. The van der Waals surface area contributed by atoms with Crippen LogP contribution in [0.2, 0.25) is 0 Å². The van der Waals surface area contributed by atoms with E-state index in [0.717, 1.165) is 5.92 Å². The third kappa shape index (κ3) is 2.23. The van der Waals surface area contributed by atoms with Crippen LogP contribution in [0.3, 0.4) is 0 Å². The van der Waals surface area contributed by atoms with Crippen molar-refractivity contribution in [2.24, 2.45) is 5.92 Å². The van der Waals surface area contributed by atoms with Crippen LogP contribution < -0.4 is 0 Å². The largest absolute Gasteiger partial charge is 0.381 e. The summed E-state index contributed by atoms with van der Waals surface area (Å²) in [4.78, 5) is 2.62. The summed E-state index contributed by atoms with van der Waals surface area (Å²) in [7, 11) is 1.88. The normalized spacial score (nSPS) is 40.8. The Labute approximate surface area is 81.3 Å². The predicted octanol–water partition coefficient (Wildman–Crippen LogP) is 1.90. The van der Waals surface area contributed by atoms with Gasteiger partial charge in [-0.25, -0.2) is 0 Å². The molecule has 2 saturated heterocycles. The van der Waals surface area contributed by atoms with E-state index in [-0.39, 0.29) is 0 Å². The third-order valence-corrected chi connectivity index (χ3v) is 3.67. The highest BCUT2D eigenvalue weighted by Gasteiger charge is 2.27. The number of fused-ring (bicyclic) bond motifs is 3. The number of hydrogen-bond acceptors (Lipinski definition) is 2. The highest BCUT2D eigenvalue weighted by Crippen LogP contribution is 2.27. The molecule has 3 atom stereocenters. The van der Waals surface area contributed by atoms with Gasteiger partial charge in [-0.15, -0.1) is 0 Å². The van der Waals surface area contributed by atoms with E-state index in [1.165, 1.54) is 51.7 Å². The Balaban J connectivity index is 2.02. The van der Waals surface area contributed by atoms with Crippen LogP contribution >= 0.6 is 0 Å². The van der Waals surface area contributed by atoms with Crippen LogP contribution in [0.4, 0.5) is 0 Å². The monoisotopic (exact) mass is 183 g/mol. The van der Waals surface area contributed by atoms with E-state index in [2.05, 4.69) is 4.90 Å². The molecule has 0 spiro atoms. The van der Waals surface area contributed by atoms with Crippen molar-refractivity contribution in [3.63, 3.8) is 0 Å². The zero-order chi connectivity index (χ0) is 9.10. The van der Waals surface area contributed by atoms with Gasteiger partial charge in [0.05, 0.1) is 6.10 Å². The Morgan fingerprint density at radius 2 is 1.85 bits per heavy atom. The van der Waals surface area contributed by atoms with Gasteiger partial charge in [0.15, 0.2) is 0 Å². The van der Waals surface area contributed by atoms with Crippen molar-refractivity contribution >= 4 is 0 Å². The molecule has 2 fully saturated rings. The lowest BCUT2D eigenvalue weighted by Crippen LogP contribution is -2.27. The lowest BCUT2D eigenvalue weighted by Gasteiger charge is -2.25. The number of ether oxygens (including phenoxy) is 1. The van der Waals surface area contributed by atoms with Gasteiger partial charge in [-0.05, 0) is 44.7 Å². The minimum absolute atomic E-state index is 0.545. The first kappa shape index (κ1) is 9.47. The Bertz CT molecular complexity index is 160. The lowest BCUT2D eigenvalue weighted by atomic mass is 9.91. The number of nitrogens with zero attached hydrogens (tertiary/aromatic N) is 1. The molecule has 0 radical (unpaired) electrons. The van der Waals surface area contributed by atoms with E-state index in [1.807, 2.05) is 7.11 Å². The fraction of sp³-hybridized carbons (Fsp3) is 1.00. The highest BCUT2D eigenvalue weighted by molar-refractivity contribution is 4.80. The molecule has 0 aliphatic carbocycles. The van der Waals surface area contributed by atoms with Gasteiger partial charge in [-0.2, -0.15) is 0 Å². The van der Waals surface area contributed by atoms with Crippen LogP contribution in [0.1, 0.15) is 32.1 Å². The summed E-state index contributed by atoms with van der Waals surface area (Å²) in [5, 5.41) is 0. The number of rotatable bonds is 1. The van der Waals surface area contributed by atoms with Crippen molar-refractivity contribution in [1.29, 1.82) is 0 Å². The van der Waals surface area contributed by atoms with E-state index < -0.39 is 0 Å². The van der Waals surface area contributed by atoms with Gasteiger partial charge in [0.25, 0.3) is 0 Å². The maximum atomic E-state index is 5.59. The van der Waals surface area contributed by atoms with E-state index >= 15 is 0 Å². The Hall–Kier alpha value is -0.0800. The summed E-state index contributed by atoms with van der Waals surface area (Å²) < 4.78 is 5.59. The molecule has 13 heavy (non-hydrogen) atoms. The van der Waals surface area contributed by atoms with Crippen molar-refractivity contribution in [2.45, 2.75) is 38.2 Å². The molecule has 0 aromatic heterocycles. The predicted molar refractivity (Wildman–Crippen MR) is 53.8 cm³/mol. The molecule has 2 heterocycles. The van der Waals surface area contributed by atoms with E-state index in [0.29, 0.717) is 6.10 Å². The SMILES string of the molecule is COC1CCN2CCCCC1CC2. The molecular weight excluding hydrogens is 162 g/mol. The molecule has 0 saturated carbocycles. The van der Waals surface area contributed by atoms with E-state index in [9.17, 15) is 0 Å². The highest BCUT2D eigenvalue weighted by atomic mass is 16.5. The van der Waals surface area contributed by atoms with Crippen molar-refractivity contribution in [3.8, 4) is 0 Å². The maximum absolute atomic E-state index is 5.59. The molecule has 2 heteroatoms. The number of hydrogen-bond donors (Lipinski definition) is 0. The zero-order valence-electron chi connectivity index (χ0n) is 8.67. The van der Waals surface area contributed by atoms with Crippen molar-refractivity contribution < 1.29 is 4.74 Å². The van der Waals surface area contributed by atoms with Crippen LogP contribution in [0.5, 0.6) is 0 Å². The van der Waals surface area contributed by atoms with Crippen molar-refractivity contribution in [2.75, 3.05) is 26.7 Å². The van der Waals surface area contributed by atoms with Gasteiger partial charge in [0.1, 0.15) is 0 Å². The average Bonchev–Trinajstić information content (AvgIpc) is 2.24. The van der Waals surface area contributed by atoms with E-state index in [4.69, 9.17) is 4.74 Å². The van der Waals surface area contributed by atoms with Crippen LogP contribution in [-0.2, 0) is 4.74 Å².